The number of benzene rings is 1. The molecule has 0 radical (unpaired) electrons. The summed E-state index contributed by atoms with van der Waals surface area (Å²) in [6.07, 6.45) is 0. The minimum atomic E-state index is -0.667. The summed E-state index contributed by atoms with van der Waals surface area (Å²) in [4.78, 5) is 13.5. The zero-order chi connectivity index (χ0) is 11.6. The van der Waals surface area contributed by atoms with Gasteiger partial charge < -0.3 is 11.5 Å². The van der Waals surface area contributed by atoms with Crippen molar-refractivity contribution in [2.24, 2.45) is 16.5 Å². The van der Waals surface area contributed by atoms with Crippen LogP contribution >= 0.6 is 23.2 Å². The van der Waals surface area contributed by atoms with Gasteiger partial charge in [0, 0.05) is 11.1 Å². The summed E-state index contributed by atoms with van der Waals surface area (Å²) in [5.74, 6) is -0.317. The lowest BCUT2D eigenvalue weighted by atomic mass is 10.3. The van der Waals surface area contributed by atoms with Gasteiger partial charge in [0.25, 0.3) is 5.69 Å². The number of aliphatic imine (C=N–C) groups is 1. The van der Waals surface area contributed by atoms with Gasteiger partial charge in [0.15, 0.2) is 11.6 Å². The Kier molecular flexibility index (Phi) is 3.33. The number of nitrogens with zero attached hydrogens (tertiary/aromatic N) is 2. The monoisotopic (exact) mass is 248 g/mol. The number of nitro groups is 1. The fourth-order valence-electron chi connectivity index (χ4n) is 0.931. The maximum Gasteiger partial charge on any atom is 0.297 e. The molecule has 1 aromatic carbocycles. The van der Waals surface area contributed by atoms with Gasteiger partial charge in [-0.2, -0.15) is 0 Å². The minimum absolute atomic E-state index is 0.0163. The van der Waals surface area contributed by atoms with Crippen LogP contribution in [0.15, 0.2) is 17.1 Å². The van der Waals surface area contributed by atoms with Gasteiger partial charge in [0.05, 0.1) is 9.95 Å². The highest BCUT2D eigenvalue weighted by Crippen LogP contribution is 2.37. The van der Waals surface area contributed by atoms with E-state index in [1.54, 1.807) is 0 Å². The van der Waals surface area contributed by atoms with Crippen molar-refractivity contribution >= 4 is 40.5 Å². The minimum Gasteiger partial charge on any atom is -0.370 e. The van der Waals surface area contributed by atoms with Crippen LogP contribution in [0.3, 0.4) is 0 Å². The van der Waals surface area contributed by atoms with E-state index >= 15 is 0 Å². The van der Waals surface area contributed by atoms with Gasteiger partial charge in [0.2, 0.25) is 0 Å². The molecule has 0 unspecified atom stereocenters. The Morgan fingerprint density at radius 1 is 1.40 bits per heavy atom. The van der Waals surface area contributed by atoms with Crippen molar-refractivity contribution in [2.45, 2.75) is 0 Å². The van der Waals surface area contributed by atoms with E-state index in [0.717, 1.165) is 6.07 Å². The molecule has 1 aromatic rings. The number of nitrogens with two attached hydrogens (primary N) is 2. The first-order valence-corrected chi connectivity index (χ1v) is 4.40. The van der Waals surface area contributed by atoms with Crippen LogP contribution in [-0.2, 0) is 0 Å². The molecular formula is C7H6Cl2N4O2. The number of rotatable bonds is 2. The predicted molar refractivity (Wildman–Crippen MR) is 58.6 cm³/mol. The summed E-state index contributed by atoms with van der Waals surface area (Å²) in [7, 11) is 0. The second kappa shape index (κ2) is 4.33. The smallest absolute Gasteiger partial charge is 0.297 e. The zero-order valence-electron chi connectivity index (χ0n) is 7.28. The van der Waals surface area contributed by atoms with E-state index in [1.165, 1.54) is 6.07 Å². The fraction of sp³-hybridized carbons (Fsp3) is 0. The number of halogens is 2. The van der Waals surface area contributed by atoms with Crippen LogP contribution in [0.25, 0.3) is 0 Å². The van der Waals surface area contributed by atoms with Crippen LogP contribution in [-0.4, -0.2) is 10.9 Å². The van der Waals surface area contributed by atoms with Crippen molar-refractivity contribution in [1.29, 1.82) is 0 Å². The largest absolute Gasteiger partial charge is 0.370 e. The molecule has 0 heterocycles. The Labute approximate surface area is 94.6 Å². The third kappa shape index (κ3) is 2.71. The van der Waals surface area contributed by atoms with E-state index in [2.05, 4.69) is 4.99 Å². The average molecular weight is 249 g/mol. The Balaban J connectivity index is 3.47. The van der Waals surface area contributed by atoms with E-state index in [-0.39, 0.29) is 27.4 Å². The zero-order valence-corrected chi connectivity index (χ0v) is 8.79. The first kappa shape index (κ1) is 11.5. The molecule has 0 aliphatic carbocycles. The van der Waals surface area contributed by atoms with Crippen molar-refractivity contribution in [1.82, 2.24) is 0 Å². The highest BCUT2D eigenvalue weighted by Gasteiger charge is 2.18. The lowest BCUT2D eigenvalue weighted by Crippen LogP contribution is -2.22. The Bertz CT molecular complexity index is 443. The predicted octanol–water partition coefficient (Wildman–Crippen LogP) is 1.81. The third-order valence-corrected chi connectivity index (χ3v) is 1.95. The Morgan fingerprint density at radius 2 is 2.00 bits per heavy atom. The first-order chi connectivity index (χ1) is 6.91. The molecule has 0 spiro atoms. The molecule has 4 N–H and O–H groups in total. The molecule has 8 heteroatoms. The lowest BCUT2D eigenvalue weighted by molar-refractivity contribution is -0.384. The molecule has 6 nitrogen and oxygen atoms in total. The molecule has 0 bridgehead atoms. The van der Waals surface area contributed by atoms with Gasteiger partial charge in [-0.15, -0.1) is 0 Å². The van der Waals surface area contributed by atoms with Crippen molar-refractivity contribution in [2.75, 3.05) is 0 Å². The quantitative estimate of drug-likeness (QED) is 0.360. The summed E-state index contributed by atoms with van der Waals surface area (Å²) < 4.78 is 0. The van der Waals surface area contributed by atoms with E-state index in [9.17, 15) is 10.1 Å². The van der Waals surface area contributed by atoms with Crippen molar-refractivity contribution in [3.05, 3.63) is 32.3 Å². The number of nitro benzene ring substituents is 1. The molecule has 0 atom stereocenters. The summed E-state index contributed by atoms with van der Waals surface area (Å²) in [6, 6.07) is 2.44. The van der Waals surface area contributed by atoms with Crippen molar-refractivity contribution in [3.8, 4) is 0 Å². The second-order valence-corrected chi connectivity index (χ2v) is 3.39. The van der Waals surface area contributed by atoms with Gasteiger partial charge in [-0.25, -0.2) is 4.99 Å². The molecule has 0 aliphatic heterocycles. The van der Waals surface area contributed by atoms with E-state index in [1.807, 2.05) is 0 Å². The SMILES string of the molecule is NC(N)=Nc1c(Cl)cc(Cl)cc1[N+](=O)[O-]. The van der Waals surface area contributed by atoms with Crippen LogP contribution < -0.4 is 11.5 Å². The van der Waals surface area contributed by atoms with Gasteiger partial charge in [-0.3, -0.25) is 10.1 Å². The van der Waals surface area contributed by atoms with Crippen LogP contribution in [0.2, 0.25) is 10.0 Å². The third-order valence-electron chi connectivity index (χ3n) is 1.45. The summed E-state index contributed by atoms with van der Waals surface area (Å²) in [6.45, 7) is 0. The van der Waals surface area contributed by atoms with Crippen LogP contribution in [0, 0.1) is 10.1 Å². The Hall–Kier alpha value is -1.53. The maximum absolute atomic E-state index is 10.6. The maximum atomic E-state index is 10.6. The molecular weight excluding hydrogens is 243 g/mol. The molecule has 1 rings (SSSR count). The lowest BCUT2D eigenvalue weighted by Gasteiger charge is -2.01. The molecule has 0 aliphatic rings. The highest BCUT2D eigenvalue weighted by molar-refractivity contribution is 6.37. The topological polar surface area (TPSA) is 108 Å². The molecule has 0 amide bonds. The average Bonchev–Trinajstić information content (AvgIpc) is 2.08. The second-order valence-electron chi connectivity index (χ2n) is 2.55. The van der Waals surface area contributed by atoms with E-state index in [4.69, 9.17) is 34.7 Å². The van der Waals surface area contributed by atoms with Gasteiger partial charge in [-0.1, -0.05) is 23.2 Å². The van der Waals surface area contributed by atoms with E-state index < -0.39 is 4.92 Å². The van der Waals surface area contributed by atoms with Crippen LogP contribution in [0.5, 0.6) is 0 Å². The summed E-state index contributed by atoms with van der Waals surface area (Å²) >= 11 is 11.3. The normalized spacial score (nSPS) is 9.73. The first-order valence-electron chi connectivity index (χ1n) is 3.65. The number of hydrogen-bond acceptors (Lipinski definition) is 3. The number of guanidine groups is 1. The fourth-order valence-corrected chi connectivity index (χ4v) is 1.46. The van der Waals surface area contributed by atoms with Crippen LogP contribution in [0.1, 0.15) is 0 Å². The molecule has 15 heavy (non-hydrogen) atoms. The van der Waals surface area contributed by atoms with Gasteiger partial charge in [-0.05, 0) is 6.07 Å². The van der Waals surface area contributed by atoms with Crippen molar-refractivity contribution < 1.29 is 4.92 Å². The van der Waals surface area contributed by atoms with Gasteiger partial charge >= 0.3 is 0 Å². The molecule has 80 valence electrons. The highest BCUT2D eigenvalue weighted by atomic mass is 35.5. The molecule has 0 fully saturated rings. The number of hydrogen-bond donors (Lipinski definition) is 2. The molecule has 0 saturated carbocycles. The Morgan fingerprint density at radius 3 is 2.47 bits per heavy atom. The van der Waals surface area contributed by atoms with E-state index in [0.29, 0.717) is 0 Å². The van der Waals surface area contributed by atoms with Crippen LogP contribution in [0.4, 0.5) is 11.4 Å². The van der Waals surface area contributed by atoms with Gasteiger partial charge in [0.1, 0.15) is 0 Å². The summed E-state index contributed by atoms with van der Waals surface area (Å²) in [5.41, 5.74) is 9.78. The standard InChI is InChI=1S/C7H6Cl2N4O2/c8-3-1-4(9)6(12-7(10)11)5(2-3)13(14)15/h1-2H,(H4,10,11,12). The molecule has 0 aromatic heterocycles. The summed E-state index contributed by atoms with van der Waals surface area (Å²) in [5, 5.41) is 10.8. The van der Waals surface area contributed by atoms with Crippen molar-refractivity contribution in [3.63, 3.8) is 0 Å². The molecule has 0 saturated heterocycles.